The van der Waals surface area contributed by atoms with Crippen molar-refractivity contribution < 1.29 is 4.39 Å². The monoisotopic (exact) mass is 294 g/mol. The predicted molar refractivity (Wildman–Crippen MR) is 81.1 cm³/mol. The van der Waals surface area contributed by atoms with Gasteiger partial charge in [-0.1, -0.05) is 36.0 Å². The molecule has 2 aromatic rings. The molecule has 0 bridgehead atoms. The van der Waals surface area contributed by atoms with Crippen LogP contribution in [0.2, 0.25) is 5.02 Å². The third-order valence-electron chi connectivity index (χ3n) is 2.65. The molecule has 5 heteroatoms. The van der Waals surface area contributed by atoms with Gasteiger partial charge in [-0.3, -0.25) is 0 Å². The molecule has 0 heterocycles. The first kappa shape index (κ1) is 13.8. The van der Waals surface area contributed by atoms with Crippen LogP contribution in [0.1, 0.15) is 11.1 Å². The van der Waals surface area contributed by atoms with Crippen molar-refractivity contribution in [3.05, 3.63) is 64.4 Å². The highest BCUT2D eigenvalue weighted by Gasteiger charge is 2.03. The van der Waals surface area contributed by atoms with Gasteiger partial charge in [-0.2, -0.15) is 0 Å². The summed E-state index contributed by atoms with van der Waals surface area (Å²) in [5.41, 5.74) is 8.01. The molecule has 2 nitrogen and oxygen atoms in total. The van der Waals surface area contributed by atoms with Crippen molar-refractivity contribution in [1.29, 1.82) is 0 Å². The van der Waals surface area contributed by atoms with Crippen LogP contribution in [-0.2, 0) is 6.54 Å². The lowest BCUT2D eigenvalue weighted by Crippen LogP contribution is -2.09. The van der Waals surface area contributed by atoms with E-state index in [0.29, 0.717) is 16.6 Å². The molecule has 2 rings (SSSR count). The largest absolute Gasteiger partial charge is 0.389 e. The molecule has 0 atom stereocenters. The van der Waals surface area contributed by atoms with Crippen molar-refractivity contribution in [2.75, 3.05) is 5.32 Å². The summed E-state index contributed by atoms with van der Waals surface area (Å²) >= 11 is 11.0. The molecular weight excluding hydrogens is 283 g/mol. The number of benzene rings is 2. The highest BCUT2D eigenvalue weighted by molar-refractivity contribution is 7.80. The summed E-state index contributed by atoms with van der Waals surface area (Å²) in [4.78, 5) is 0.312. The second-order valence-corrected chi connectivity index (χ2v) is 4.89. The van der Waals surface area contributed by atoms with Crippen LogP contribution in [0.4, 0.5) is 10.1 Å². The van der Waals surface area contributed by atoms with Crippen LogP contribution >= 0.6 is 23.8 Å². The lowest BCUT2D eigenvalue weighted by molar-refractivity contribution is 0.627. The summed E-state index contributed by atoms with van der Waals surface area (Å²) in [6.45, 7) is 0.562. The van der Waals surface area contributed by atoms with E-state index in [2.05, 4.69) is 5.32 Å². The zero-order valence-corrected chi connectivity index (χ0v) is 11.6. The third kappa shape index (κ3) is 3.66. The standard InChI is InChI=1S/C14H12ClFN2S/c15-12-7-10(14(17)19)3-6-13(12)18-8-9-1-4-11(16)5-2-9/h1-7,18H,8H2,(H2,17,19). The van der Waals surface area contributed by atoms with Crippen molar-refractivity contribution >= 4 is 34.5 Å². The zero-order valence-electron chi connectivity index (χ0n) is 9.99. The fourth-order valence-corrected chi connectivity index (χ4v) is 1.99. The summed E-state index contributed by atoms with van der Waals surface area (Å²) in [5.74, 6) is -0.248. The zero-order chi connectivity index (χ0) is 13.8. The molecule has 19 heavy (non-hydrogen) atoms. The molecule has 0 radical (unpaired) electrons. The second-order valence-electron chi connectivity index (χ2n) is 4.04. The summed E-state index contributed by atoms with van der Waals surface area (Å²) in [5, 5.41) is 3.72. The van der Waals surface area contributed by atoms with Gasteiger partial charge in [0, 0.05) is 12.1 Å². The first-order valence-electron chi connectivity index (χ1n) is 5.64. The summed E-state index contributed by atoms with van der Waals surface area (Å²) in [6.07, 6.45) is 0. The third-order valence-corrected chi connectivity index (χ3v) is 3.20. The lowest BCUT2D eigenvalue weighted by Gasteiger charge is -2.09. The Labute approximate surface area is 121 Å². The van der Waals surface area contributed by atoms with Crippen LogP contribution < -0.4 is 11.1 Å². The van der Waals surface area contributed by atoms with Crippen LogP contribution in [0, 0.1) is 5.82 Å². The number of nitrogens with one attached hydrogen (secondary N) is 1. The number of hydrogen-bond acceptors (Lipinski definition) is 2. The minimum atomic E-state index is -0.248. The molecule has 98 valence electrons. The predicted octanol–water partition coefficient (Wildman–Crippen LogP) is 3.73. The van der Waals surface area contributed by atoms with Gasteiger partial charge in [-0.15, -0.1) is 0 Å². The van der Waals surface area contributed by atoms with E-state index in [1.807, 2.05) is 6.07 Å². The Morgan fingerprint density at radius 1 is 1.21 bits per heavy atom. The van der Waals surface area contributed by atoms with Crippen LogP contribution in [-0.4, -0.2) is 4.99 Å². The van der Waals surface area contributed by atoms with E-state index < -0.39 is 0 Å². The molecule has 0 aromatic heterocycles. The van der Waals surface area contributed by atoms with E-state index in [9.17, 15) is 4.39 Å². The number of halogens is 2. The molecule has 0 spiro atoms. The highest BCUT2D eigenvalue weighted by Crippen LogP contribution is 2.23. The van der Waals surface area contributed by atoms with Gasteiger partial charge >= 0.3 is 0 Å². The fourth-order valence-electron chi connectivity index (χ4n) is 1.61. The van der Waals surface area contributed by atoms with Gasteiger partial charge in [0.15, 0.2) is 0 Å². The minimum Gasteiger partial charge on any atom is -0.389 e. The van der Waals surface area contributed by atoms with Crippen molar-refractivity contribution in [1.82, 2.24) is 0 Å². The quantitative estimate of drug-likeness (QED) is 0.844. The van der Waals surface area contributed by atoms with E-state index in [1.54, 1.807) is 24.3 Å². The van der Waals surface area contributed by atoms with Gasteiger partial charge in [0.05, 0.1) is 10.7 Å². The lowest BCUT2D eigenvalue weighted by atomic mass is 10.2. The Morgan fingerprint density at radius 3 is 2.47 bits per heavy atom. The fraction of sp³-hybridized carbons (Fsp3) is 0.0714. The highest BCUT2D eigenvalue weighted by atomic mass is 35.5. The van der Waals surface area contributed by atoms with E-state index >= 15 is 0 Å². The maximum Gasteiger partial charge on any atom is 0.123 e. The van der Waals surface area contributed by atoms with E-state index in [1.165, 1.54) is 12.1 Å². The number of hydrogen-bond donors (Lipinski definition) is 2. The molecule has 2 aromatic carbocycles. The summed E-state index contributed by atoms with van der Waals surface area (Å²) < 4.78 is 12.8. The van der Waals surface area contributed by atoms with Crippen molar-refractivity contribution in [3.8, 4) is 0 Å². The van der Waals surface area contributed by atoms with Crippen LogP contribution in [0.25, 0.3) is 0 Å². The number of thiocarbonyl (C=S) groups is 1. The first-order valence-corrected chi connectivity index (χ1v) is 6.42. The number of rotatable bonds is 4. The van der Waals surface area contributed by atoms with Crippen molar-refractivity contribution in [2.45, 2.75) is 6.54 Å². The Kier molecular flexibility index (Phi) is 4.35. The number of anilines is 1. The Hall–Kier alpha value is -1.65. The normalized spacial score (nSPS) is 10.2. The second kappa shape index (κ2) is 5.99. The molecule has 0 aliphatic heterocycles. The van der Waals surface area contributed by atoms with Crippen molar-refractivity contribution in [3.63, 3.8) is 0 Å². The Bertz CT molecular complexity index is 599. The van der Waals surface area contributed by atoms with Crippen LogP contribution in [0.5, 0.6) is 0 Å². The Morgan fingerprint density at radius 2 is 1.89 bits per heavy atom. The van der Waals surface area contributed by atoms with Crippen molar-refractivity contribution in [2.24, 2.45) is 5.73 Å². The van der Waals surface area contributed by atoms with Gasteiger partial charge in [-0.25, -0.2) is 4.39 Å². The summed E-state index contributed by atoms with van der Waals surface area (Å²) in [6, 6.07) is 11.6. The van der Waals surface area contributed by atoms with Crippen LogP contribution in [0.3, 0.4) is 0 Å². The van der Waals surface area contributed by atoms with E-state index in [-0.39, 0.29) is 5.82 Å². The maximum absolute atomic E-state index is 12.8. The number of nitrogens with two attached hydrogens (primary N) is 1. The van der Waals surface area contributed by atoms with Gasteiger partial charge in [0.1, 0.15) is 10.8 Å². The van der Waals surface area contributed by atoms with Crippen LogP contribution in [0.15, 0.2) is 42.5 Å². The van der Waals surface area contributed by atoms with Gasteiger partial charge < -0.3 is 11.1 Å². The molecule has 0 fully saturated rings. The molecule has 0 amide bonds. The molecule has 0 aliphatic rings. The molecule has 0 saturated heterocycles. The first-order chi connectivity index (χ1) is 9.06. The SMILES string of the molecule is NC(=S)c1ccc(NCc2ccc(F)cc2)c(Cl)c1. The maximum atomic E-state index is 12.8. The summed E-state index contributed by atoms with van der Waals surface area (Å²) in [7, 11) is 0. The van der Waals surface area contributed by atoms with Gasteiger partial charge in [-0.05, 0) is 35.9 Å². The molecule has 0 aliphatic carbocycles. The molecule has 0 unspecified atom stereocenters. The van der Waals surface area contributed by atoms with E-state index in [4.69, 9.17) is 29.6 Å². The molecule has 0 saturated carbocycles. The van der Waals surface area contributed by atoms with Gasteiger partial charge in [0.25, 0.3) is 0 Å². The minimum absolute atomic E-state index is 0.248. The topological polar surface area (TPSA) is 38.0 Å². The molecular formula is C14H12ClFN2S. The average molecular weight is 295 g/mol. The average Bonchev–Trinajstić information content (AvgIpc) is 2.39. The Balaban J connectivity index is 2.07. The van der Waals surface area contributed by atoms with E-state index in [0.717, 1.165) is 16.8 Å². The van der Waals surface area contributed by atoms with Gasteiger partial charge in [0.2, 0.25) is 0 Å². The molecule has 3 N–H and O–H groups in total. The smallest absolute Gasteiger partial charge is 0.123 e.